The fourth-order valence-electron chi connectivity index (χ4n) is 1.68. The van der Waals surface area contributed by atoms with E-state index in [1.165, 1.54) is 0 Å². The largest absolute Gasteiger partial charge is 0.494 e. The molecule has 3 heteroatoms. The molecule has 2 aromatic rings. The van der Waals surface area contributed by atoms with Crippen LogP contribution in [0.25, 0.3) is 11.4 Å². The molecule has 0 aliphatic heterocycles. The summed E-state index contributed by atoms with van der Waals surface area (Å²) >= 11 is 0. The number of rotatable bonds is 5. The molecule has 17 heavy (non-hydrogen) atoms. The van der Waals surface area contributed by atoms with Crippen LogP contribution >= 0.6 is 0 Å². The Morgan fingerprint density at radius 1 is 1.24 bits per heavy atom. The van der Waals surface area contributed by atoms with Crippen LogP contribution in [0.15, 0.2) is 36.7 Å². The van der Waals surface area contributed by atoms with Crippen molar-refractivity contribution >= 4 is 0 Å². The van der Waals surface area contributed by atoms with E-state index in [4.69, 9.17) is 4.74 Å². The molecule has 0 aliphatic carbocycles. The number of imidazole rings is 1. The van der Waals surface area contributed by atoms with Crippen LogP contribution in [0.5, 0.6) is 5.75 Å². The van der Waals surface area contributed by atoms with Crippen molar-refractivity contribution in [3.8, 4) is 17.1 Å². The van der Waals surface area contributed by atoms with E-state index in [2.05, 4.69) is 11.9 Å². The Balaban J connectivity index is 2.06. The van der Waals surface area contributed by atoms with Crippen LogP contribution in [0.2, 0.25) is 0 Å². The van der Waals surface area contributed by atoms with Gasteiger partial charge in [0.2, 0.25) is 0 Å². The van der Waals surface area contributed by atoms with Gasteiger partial charge in [-0.2, -0.15) is 0 Å². The summed E-state index contributed by atoms with van der Waals surface area (Å²) in [5.74, 6) is 1.90. The molecule has 0 saturated heterocycles. The van der Waals surface area contributed by atoms with Crippen molar-refractivity contribution in [3.63, 3.8) is 0 Å². The van der Waals surface area contributed by atoms with Crippen molar-refractivity contribution in [2.45, 2.75) is 19.8 Å². The molecule has 0 saturated carbocycles. The minimum absolute atomic E-state index is 0.790. The molecule has 1 aromatic carbocycles. The normalized spacial score (nSPS) is 10.5. The second-order valence-electron chi connectivity index (χ2n) is 4.09. The second kappa shape index (κ2) is 5.53. The fourth-order valence-corrected chi connectivity index (χ4v) is 1.68. The SMILES string of the molecule is CCCCOc1ccc(-c2nccn2C)cc1. The first-order valence-corrected chi connectivity index (χ1v) is 6.02. The average molecular weight is 230 g/mol. The lowest BCUT2D eigenvalue weighted by atomic mass is 10.2. The molecule has 1 aromatic heterocycles. The van der Waals surface area contributed by atoms with Crippen LogP contribution in [-0.2, 0) is 7.05 Å². The Hall–Kier alpha value is -1.77. The number of nitrogens with zero attached hydrogens (tertiary/aromatic N) is 2. The standard InChI is InChI=1S/C14H18N2O/c1-3-4-11-17-13-7-5-12(6-8-13)14-15-9-10-16(14)2/h5-10H,3-4,11H2,1-2H3. The molecule has 0 atom stereocenters. The number of aryl methyl sites for hydroxylation is 1. The predicted molar refractivity (Wildman–Crippen MR) is 69.0 cm³/mol. The molecule has 0 unspecified atom stereocenters. The zero-order valence-electron chi connectivity index (χ0n) is 10.4. The van der Waals surface area contributed by atoms with E-state index in [-0.39, 0.29) is 0 Å². The molecule has 0 amide bonds. The minimum Gasteiger partial charge on any atom is -0.494 e. The monoisotopic (exact) mass is 230 g/mol. The Morgan fingerprint density at radius 2 is 2.00 bits per heavy atom. The van der Waals surface area contributed by atoms with Gasteiger partial charge in [0, 0.05) is 25.0 Å². The lowest BCUT2D eigenvalue weighted by Gasteiger charge is -2.06. The number of hydrogen-bond acceptors (Lipinski definition) is 2. The Kier molecular flexibility index (Phi) is 3.81. The lowest BCUT2D eigenvalue weighted by Crippen LogP contribution is -1.96. The van der Waals surface area contributed by atoms with Gasteiger partial charge in [0.1, 0.15) is 11.6 Å². The van der Waals surface area contributed by atoms with Gasteiger partial charge in [-0.3, -0.25) is 0 Å². The molecule has 0 fully saturated rings. The quantitative estimate of drug-likeness (QED) is 0.737. The molecule has 90 valence electrons. The third kappa shape index (κ3) is 2.87. The molecular weight excluding hydrogens is 212 g/mol. The molecule has 3 nitrogen and oxygen atoms in total. The summed E-state index contributed by atoms with van der Waals surface area (Å²) in [6.07, 6.45) is 6.01. The van der Waals surface area contributed by atoms with E-state index in [9.17, 15) is 0 Å². The van der Waals surface area contributed by atoms with Gasteiger partial charge in [0.25, 0.3) is 0 Å². The third-order valence-corrected chi connectivity index (χ3v) is 2.70. The van der Waals surface area contributed by atoms with Gasteiger partial charge in [-0.1, -0.05) is 13.3 Å². The van der Waals surface area contributed by atoms with E-state index in [0.717, 1.165) is 36.6 Å². The van der Waals surface area contributed by atoms with Gasteiger partial charge in [-0.15, -0.1) is 0 Å². The minimum atomic E-state index is 0.790. The number of ether oxygens (including phenoxy) is 1. The number of hydrogen-bond donors (Lipinski definition) is 0. The zero-order chi connectivity index (χ0) is 12.1. The zero-order valence-corrected chi connectivity index (χ0v) is 10.4. The molecule has 0 radical (unpaired) electrons. The van der Waals surface area contributed by atoms with Crippen LogP contribution in [0.1, 0.15) is 19.8 Å². The summed E-state index contributed by atoms with van der Waals surface area (Å²) in [7, 11) is 1.99. The van der Waals surface area contributed by atoms with Gasteiger partial charge in [-0.25, -0.2) is 4.98 Å². The van der Waals surface area contributed by atoms with Crippen molar-refractivity contribution in [1.82, 2.24) is 9.55 Å². The highest BCUT2D eigenvalue weighted by atomic mass is 16.5. The Labute approximate surface area is 102 Å². The average Bonchev–Trinajstić information content (AvgIpc) is 2.77. The second-order valence-corrected chi connectivity index (χ2v) is 4.09. The van der Waals surface area contributed by atoms with E-state index < -0.39 is 0 Å². The fraction of sp³-hybridized carbons (Fsp3) is 0.357. The first-order valence-electron chi connectivity index (χ1n) is 6.02. The van der Waals surface area contributed by atoms with Crippen molar-refractivity contribution in [3.05, 3.63) is 36.7 Å². The summed E-state index contributed by atoms with van der Waals surface area (Å²) < 4.78 is 7.63. The summed E-state index contributed by atoms with van der Waals surface area (Å²) in [5.41, 5.74) is 1.11. The maximum absolute atomic E-state index is 5.62. The highest BCUT2D eigenvalue weighted by Crippen LogP contribution is 2.20. The molecule has 1 heterocycles. The lowest BCUT2D eigenvalue weighted by molar-refractivity contribution is 0.309. The summed E-state index contributed by atoms with van der Waals surface area (Å²) in [5, 5.41) is 0. The Bertz CT molecular complexity index is 459. The van der Waals surface area contributed by atoms with Crippen molar-refractivity contribution < 1.29 is 4.74 Å². The van der Waals surface area contributed by atoms with Gasteiger partial charge >= 0.3 is 0 Å². The highest BCUT2D eigenvalue weighted by Gasteiger charge is 2.02. The molecule has 2 rings (SSSR count). The van der Waals surface area contributed by atoms with Crippen LogP contribution in [0.3, 0.4) is 0 Å². The van der Waals surface area contributed by atoms with Crippen LogP contribution in [0.4, 0.5) is 0 Å². The van der Waals surface area contributed by atoms with Crippen molar-refractivity contribution in [2.24, 2.45) is 7.05 Å². The molecule has 0 N–H and O–H groups in total. The Morgan fingerprint density at radius 3 is 2.59 bits per heavy atom. The molecule has 0 bridgehead atoms. The first-order chi connectivity index (χ1) is 8.31. The molecule has 0 aliphatic rings. The van der Waals surface area contributed by atoms with Gasteiger partial charge in [0.05, 0.1) is 6.61 Å². The van der Waals surface area contributed by atoms with Crippen molar-refractivity contribution in [2.75, 3.05) is 6.61 Å². The van der Waals surface area contributed by atoms with E-state index >= 15 is 0 Å². The van der Waals surface area contributed by atoms with Crippen molar-refractivity contribution in [1.29, 1.82) is 0 Å². The summed E-state index contributed by atoms with van der Waals surface area (Å²) in [6.45, 7) is 2.95. The third-order valence-electron chi connectivity index (χ3n) is 2.70. The van der Waals surface area contributed by atoms with Crippen LogP contribution in [-0.4, -0.2) is 16.2 Å². The van der Waals surface area contributed by atoms with Crippen LogP contribution < -0.4 is 4.74 Å². The van der Waals surface area contributed by atoms with E-state index in [0.29, 0.717) is 0 Å². The highest BCUT2D eigenvalue weighted by molar-refractivity contribution is 5.56. The van der Waals surface area contributed by atoms with Gasteiger partial charge in [-0.05, 0) is 30.7 Å². The number of benzene rings is 1. The molecule has 0 spiro atoms. The maximum atomic E-state index is 5.62. The summed E-state index contributed by atoms with van der Waals surface area (Å²) in [4.78, 5) is 4.31. The number of aromatic nitrogens is 2. The topological polar surface area (TPSA) is 27.1 Å². The van der Waals surface area contributed by atoms with Gasteiger partial charge in [0.15, 0.2) is 0 Å². The first kappa shape index (κ1) is 11.7. The number of unbranched alkanes of at least 4 members (excludes halogenated alkanes) is 1. The smallest absolute Gasteiger partial charge is 0.139 e. The molecular formula is C14H18N2O. The maximum Gasteiger partial charge on any atom is 0.139 e. The van der Waals surface area contributed by atoms with Gasteiger partial charge < -0.3 is 9.30 Å². The summed E-state index contributed by atoms with van der Waals surface area (Å²) in [6, 6.07) is 8.09. The van der Waals surface area contributed by atoms with E-state index in [1.54, 1.807) is 6.20 Å². The van der Waals surface area contributed by atoms with E-state index in [1.807, 2.05) is 42.1 Å². The predicted octanol–water partition coefficient (Wildman–Crippen LogP) is 3.27. The van der Waals surface area contributed by atoms with Crippen LogP contribution in [0, 0.1) is 0 Å².